The summed E-state index contributed by atoms with van der Waals surface area (Å²) in [5.74, 6) is 1.25. The number of rotatable bonds is 4. The Bertz CT molecular complexity index is 367. The maximum Gasteiger partial charge on any atom is 0.237 e. The van der Waals surface area contributed by atoms with Crippen LogP contribution in [0.3, 0.4) is 0 Å². The molecule has 3 rings (SSSR count). The van der Waals surface area contributed by atoms with Gasteiger partial charge in [-0.1, -0.05) is 6.92 Å². The smallest absolute Gasteiger partial charge is 0.237 e. The zero-order chi connectivity index (χ0) is 14.8. The molecule has 1 atom stereocenters. The first-order valence-electron chi connectivity index (χ1n) is 8.91. The molecule has 1 N–H and O–H groups in total. The molecule has 4 nitrogen and oxygen atoms in total. The quantitative estimate of drug-likeness (QED) is 0.859. The third kappa shape index (κ3) is 4.36. The highest BCUT2D eigenvalue weighted by Crippen LogP contribution is 2.35. The van der Waals surface area contributed by atoms with Crippen molar-refractivity contribution in [2.75, 3.05) is 26.2 Å². The van der Waals surface area contributed by atoms with E-state index in [1.54, 1.807) is 0 Å². The summed E-state index contributed by atoms with van der Waals surface area (Å²) in [6.45, 7) is 8.24. The Balaban J connectivity index is 0.00000176. The van der Waals surface area contributed by atoms with Crippen molar-refractivity contribution in [2.45, 2.75) is 70.5 Å². The van der Waals surface area contributed by atoms with E-state index in [2.05, 4.69) is 29.0 Å². The van der Waals surface area contributed by atoms with Crippen molar-refractivity contribution < 1.29 is 4.79 Å². The summed E-state index contributed by atoms with van der Waals surface area (Å²) in [7, 11) is 0. The Morgan fingerprint density at radius 3 is 2.23 bits per heavy atom. The van der Waals surface area contributed by atoms with Crippen molar-refractivity contribution >= 4 is 18.3 Å². The molecule has 1 saturated heterocycles. The van der Waals surface area contributed by atoms with Crippen molar-refractivity contribution in [1.82, 2.24) is 15.1 Å². The van der Waals surface area contributed by atoms with Crippen LogP contribution in [-0.4, -0.2) is 60.0 Å². The van der Waals surface area contributed by atoms with Crippen molar-refractivity contribution in [2.24, 2.45) is 5.92 Å². The molecule has 0 spiro atoms. The lowest BCUT2D eigenvalue weighted by molar-refractivity contribution is -0.137. The van der Waals surface area contributed by atoms with Gasteiger partial charge in [0.2, 0.25) is 5.91 Å². The third-order valence-electron chi connectivity index (χ3n) is 5.58. The van der Waals surface area contributed by atoms with Gasteiger partial charge < -0.3 is 10.2 Å². The van der Waals surface area contributed by atoms with Crippen LogP contribution in [0.5, 0.6) is 0 Å². The molecular weight excluding hydrogens is 298 g/mol. The summed E-state index contributed by atoms with van der Waals surface area (Å²) in [5.41, 5.74) is 0. The average Bonchev–Trinajstić information content (AvgIpc) is 3.29. The fourth-order valence-electron chi connectivity index (χ4n) is 3.95. The van der Waals surface area contributed by atoms with Crippen LogP contribution in [0.2, 0.25) is 0 Å². The largest absolute Gasteiger partial charge is 0.336 e. The molecular formula is C17H32ClN3O. The number of hydrogen-bond donors (Lipinski definition) is 1. The van der Waals surface area contributed by atoms with Gasteiger partial charge in [0.05, 0.1) is 6.54 Å². The summed E-state index contributed by atoms with van der Waals surface area (Å²) >= 11 is 0. The van der Waals surface area contributed by atoms with Crippen LogP contribution in [0.1, 0.15) is 52.4 Å². The highest BCUT2D eigenvalue weighted by molar-refractivity contribution is 5.85. The van der Waals surface area contributed by atoms with E-state index < -0.39 is 0 Å². The summed E-state index contributed by atoms with van der Waals surface area (Å²) in [5, 5.41) is 3.40. The molecule has 0 radical (unpaired) electrons. The van der Waals surface area contributed by atoms with E-state index in [-0.39, 0.29) is 12.4 Å². The van der Waals surface area contributed by atoms with Crippen LogP contribution in [0.4, 0.5) is 0 Å². The minimum atomic E-state index is 0. The van der Waals surface area contributed by atoms with E-state index in [0.29, 0.717) is 30.6 Å². The van der Waals surface area contributed by atoms with Crippen LogP contribution >= 0.6 is 12.4 Å². The highest BCUT2D eigenvalue weighted by Gasteiger charge is 2.39. The molecule has 22 heavy (non-hydrogen) atoms. The SMILES string of the molecule is CC1CCC(N(C(=O)CN2CCNC[C@H]2C)C2CC2)CC1.Cl. The first kappa shape index (κ1) is 18.0. The molecule has 1 heterocycles. The van der Waals surface area contributed by atoms with Crippen LogP contribution in [0.25, 0.3) is 0 Å². The Morgan fingerprint density at radius 2 is 1.68 bits per heavy atom. The molecule has 0 bridgehead atoms. The number of nitrogens with one attached hydrogen (secondary N) is 1. The third-order valence-corrected chi connectivity index (χ3v) is 5.58. The Kier molecular flexibility index (Phi) is 6.54. The molecule has 5 heteroatoms. The van der Waals surface area contributed by atoms with Crippen LogP contribution < -0.4 is 5.32 Å². The molecule has 1 amide bonds. The zero-order valence-electron chi connectivity index (χ0n) is 14.1. The van der Waals surface area contributed by atoms with E-state index in [1.807, 2.05) is 0 Å². The fraction of sp³-hybridized carbons (Fsp3) is 0.941. The van der Waals surface area contributed by atoms with Crippen molar-refractivity contribution in [3.05, 3.63) is 0 Å². The average molecular weight is 330 g/mol. The first-order valence-corrected chi connectivity index (χ1v) is 8.91. The number of halogens is 1. The lowest BCUT2D eigenvalue weighted by Gasteiger charge is -2.39. The predicted octanol–water partition coefficient (Wildman–Crippen LogP) is 2.27. The summed E-state index contributed by atoms with van der Waals surface area (Å²) < 4.78 is 0. The monoisotopic (exact) mass is 329 g/mol. The Hall–Kier alpha value is -0.320. The Labute approximate surface area is 141 Å². The maximum absolute atomic E-state index is 12.9. The lowest BCUT2D eigenvalue weighted by Crippen LogP contribution is -2.55. The molecule has 0 aromatic rings. The minimum absolute atomic E-state index is 0. The number of carbonyl (C=O) groups is 1. The van der Waals surface area contributed by atoms with E-state index in [9.17, 15) is 4.79 Å². The Morgan fingerprint density at radius 1 is 1.09 bits per heavy atom. The topological polar surface area (TPSA) is 35.6 Å². The second-order valence-corrected chi connectivity index (χ2v) is 7.47. The second kappa shape index (κ2) is 7.98. The molecule has 128 valence electrons. The van der Waals surface area contributed by atoms with Crippen molar-refractivity contribution in [1.29, 1.82) is 0 Å². The van der Waals surface area contributed by atoms with Gasteiger partial charge in [0.1, 0.15) is 0 Å². The molecule has 2 saturated carbocycles. The molecule has 1 aliphatic heterocycles. The van der Waals surface area contributed by atoms with Gasteiger partial charge in [-0.05, 0) is 51.4 Å². The van der Waals surface area contributed by atoms with Gasteiger partial charge in [0, 0.05) is 37.8 Å². The standard InChI is InChI=1S/C17H31N3O.ClH/c1-13-3-5-15(6-4-13)20(16-7-8-16)17(21)12-19-10-9-18-11-14(19)2;/h13-16,18H,3-12H2,1-2H3;1H/t13?,14-,15?;/m1./s1. The van der Waals surface area contributed by atoms with Crippen LogP contribution in [-0.2, 0) is 4.79 Å². The molecule has 0 aromatic carbocycles. The fourth-order valence-corrected chi connectivity index (χ4v) is 3.95. The van der Waals surface area contributed by atoms with Gasteiger partial charge in [0.25, 0.3) is 0 Å². The van der Waals surface area contributed by atoms with Gasteiger partial charge in [0.15, 0.2) is 0 Å². The minimum Gasteiger partial charge on any atom is -0.336 e. The molecule has 0 unspecified atom stereocenters. The number of nitrogens with zero attached hydrogens (tertiary/aromatic N) is 2. The van der Waals surface area contributed by atoms with Gasteiger partial charge in [-0.15, -0.1) is 12.4 Å². The van der Waals surface area contributed by atoms with E-state index >= 15 is 0 Å². The van der Waals surface area contributed by atoms with Gasteiger partial charge >= 0.3 is 0 Å². The van der Waals surface area contributed by atoms with E-state index in [1.165, 1.54) is 38.5 Å². The van der Waals surface area contributed by atoms with Crippen LogP contribution in [0.15, 0.2) is 0 Å². The maximum atomic E-state index is 12.9. The van der Waals surface area contributed by atoms with Crippen molar-refractivity contribution in [3.8, 4) is 0 Å². The van der Waals surface area contributed by atoms with E-state index in [0.717, 1.165) is 25.6 Å². The highest BCUT2D eigenvalue weighted by atomic mass is 35.5. The summed E-state index contributed by atoms with van der Waals surface area (Å²) in [6.07, 6.45) is 7.50. The van der Waals surface area contributed by atoms with Crippen molar-refractivity contribution in [3.63, 3.8) is 0 Å². The van der Waals surface area contributed by atoms with Gasteiger partial charge in [-0.3, -0.25) is 9.69 Å². The number of carbonyl (C=O) groups excluding carboxylic acids is 1. The zero-order valence-corrected chi connectivity index (χ0v) is 14.9. The molecule has 0 aromatic heterocycles. The second-order valence-electron chi connectivity index (χ2n) is 7.47. The number of piperazine rings is 1. The molecule has 2 aliphatic carbocycles. The first-order chi connectivity index (χ1) is 10.1. The predicted molar refractivity (Wildman–Crippen MR) is 92.4 cm³/mol. The summed E-state index contributed by atoms with van der Waals surface area (Å²) in [4.78, 5) is 17.5. The van der Waals surface area contributed by atoms with Gasteiger partial charge in [-0.25, -0.2) is 0 Å². The molecule has 3 aliphatic rings. The number of hydrogen-bond acceptors (Lipinski definition) is 3. The van der Waals surface area contributed by atoms with Crippen LogP contribution in [0, 0.1) is 5.92 Å². The lowest BCUT2D eigenvalue weighted by atomic mass is 9.86. The number of amides is 1. The summed E-state index contributed by atoms with van der Waals surface area (Å²) in [6, 6.07) is 1.57. The van der Waals surface area contributed by atoms with E-state index in [4.69, 9.17) is 0 Å². The molecule has 3 fully saturated rings. The van der Waals surface area contributed by atoms with Gasteiger partial charge in [-0.2, -0.15) is 0 Å². The normalized spacial score (nSPS) is 33.1.